The van der Waals surface area contributed by atoms with Crippen LogP contribution < -0.4 is 9.94 Å². The molecule has 1 atom stereocenters. The minimum Gasteiger partial charge on any atom is -0.305 e. The largest absolute Gasteiger partial charge is 0.305 e. The number of sulfonamides is 2. The fourth-order valence-corrected chi connectivity index (χ4v) is 6.08. The molecule has 3 rings (SSSR count). The van der Waals surface area contributed by atoms with Gasteiger partial charge in [-0.25, -0.2) is 22.0 Å². The minimum atomic E-state index is -3.89. The van der Waals surface area contributed by atoms with Crippen LogP contribution in [-0.2, 0) is 31.4 Å². The molecule has 12 heteroatoms. The molecule has 1 aliphatic rings. The zero-order valence-electron chi connectivity index (χ0n) is 15.6. The molecule has 0 bridgehead atoms. The average molecular weight is 457 g/mol. The third-order valence-corrected chi connectivity index (χ3v) is 7.84. The van der Waals surface area contributed by atoms with Crippen molar-refractivity contribution in [2.24, 2.45) is 10.1 Å². The van der Waals surface area contributed by atoms with Crippen LogP contribution in [0.15, 0.2) is 28.1 Å². The average Bonchev–Trinajstić information content (AvgIpc) is 2.97. The van der Waals surface area contributed by atoms with Gasteiger partial charge in [-0.15, -0.1) is 6.42 Å². The number of aromatic nitrogens is 1. The molecule has 1 aromatic heterocycles. The van der Waals surface area contributed by atoms with Crippen LogP contribution in [0.5, 0.6) is 0 Å². The van der Waals surface area contributed by atoms with Crippen LogP contribution in [-0.4, -0.2) is 50.5 Å². The summed E-state index contributed by atoms with van der Waals surface area (Å²) in [4.78, 5) is 17.2. The third-order valence-electron chi connectivity index (χ3n) is 4.60. The van der Waals surface area contributed by atoms with Gasteiger partial charge in [0.1, 0.15) is 6.04 Å². The molecule has 1 unspecified atom stereocenters. The molecule has 1 fully saturated rings. The van der Waals surface area contributed by atoms with E-state index < -0.39 is 32.0 Å². The van der Waals surface area contributed by atoms with E-state index in [1.54, 1.807) is 10.6 Å². The highest BCUT2D eigenvalue weighted by Crippen LogP contribution is 2.23. The first-order valence-corrected chi connectivity index (χ1v) is 12.9. The van der Waals surface area contributed by atoms with Crippen molar-refractivity contribution in [2.45, 2.75) is 36.7 Å². The smallest absolute Gasteiger partial charge is 0.266 e. The molecule has 2 heterocycles. The van der Waals surface area contributed by atoms with Gasteiger partial charge in [0.15, 0.2) is 4.80 Å². The maximum atomic E-state index is 12.8. The van der Waals surface area contributed by atoms with Gasteiger partial charge in [0.05, 0.1) is 27.9 Å². The SMILES string of the molecule is C#CCn1c(=NC(=O)C2CCCCN2S(C)(=O)=O)sc2cc(S(N)(=O)=O)ccc21. The molecule has 2 N–H and O–H groups in total. The second-order valence-electron chi connectivity index (χ2n) is 6.68. The molecule has 2 aromatic rings. The first kappa shape index (κ1) is 21.7. The molecule has 0 radical (unpaired) electrons. The number of thiazole rings is 1. The number of nitrogens with zero attached hydrogens (tertiary/aromatic N) is 3. The zero-order chi connectivity index (χ0) is 21.4. The number of rotatable bonds is 4. The molecule has 29 heavy (non-hydrogen) atoms. The quantitative estimate of drug-likeness (QED) is 0.658. The molecule has 1 aliphatic heterocycles. The Balaban J connectivity index is 2.12. The van der Waals surface area contributed by atoms with Crippen molar-refractivity contribution in [3.8, 4) is 12.3 Å². The van der Waals surface area contributed by atoms with Crippen LogP contribution in [0.1, 0.15) is 19.3 Å². The number of piperidine rings is 1. The van der Waals surface area contributed by atoms with Crippen LogP contribution in [0.25, 0.3) is 10.2 Å². The minimum absolute atomic E-state index is 0.0625. The van der Waals surface area contributed by atoms with E-state index in [1.807, 2.05) is 0 Å². The normalized spacial score (nSPS) is 19.3. The molecule has 156 valence electrons. The van der Waals surface area contributed by atoms with Crippen molar-refractivity contribution in [1.82, 2.24) is 8.87 Å². The fourth-order valence-electron chi connectivity index (χ4n) is 3.28. The third kappa shape index (κ3) is 4.59. The Morgan fingerprint density at radius 2 is 2.07 bits per heavy atom. The van der Waals surface area contributed by atoms with Crippen LogP contribution >= 0.6 is 11.3 Å². The number of hydrogen-bond acceptors (Lipinski definition) is 6. The van der Waals surface area contributed by atoms with Gasteiger partial charge >= 0.3 is 0 Å². The molecular formula is C17H20N4O5S3. The first-order valence-electron chi connectivity index (χ1n) is 8.67. The van der Waals surface area contributed by atoms with Gasteiger partial charge in [0.2, 0.25) is 20.0 Å². The lowest BCUT2D eigenvalue weighted by Gasteiger charge is -2.31. The summed E-state index contributed by atoms with van der Waals surface area (Å²) < 4.78 is 50.6. The number of primary sulfonamides is 1. The summed E-state index contributed by atoms with van der Waals surface area (Å²) in [5.41, 5.74) is 0.607. The number of fused-ring (bicyclic) bond motifs is 1. The van der Waals surface area contributed by atoms with Gasteiger partial charge in [0.25, 0.3) is 5.91 Å². The maximum absolute atomic E-state index is 12.8. The summed E-state index contributed by atoms with van der Waals surface area (Å²) in [6.45, 7) is 0.389. The highest BCUT2D eigenvalue weighted by atomic mass is 32.2. The Morgan fingerprint density at radius 1 is 1.34 bits per heavy atom. The summed E-state index contributed by atoms with van der Waals surface area (Å²) in [6, 6.07) is 3.45. The van der Waals surface area contributed by atoms with E-state index in [9.17, 15) is 21.6 Å². The Hall–Kier alpha value is -2.04. The van der Waals surface area contributed by atoms with Crippen LogP contribution in [0.2, 0.25) is 0 Å². The number of carbonyl (C=O) groups is 1. The lowest BCUT2D eigenvalue weighted by molar-refractivity contribution is -0.122. The Morgan fingerprint density at radius 3 is 2.69 bits per heavy atom. The number of benzene rings is 1. The number of terminal acetylenes is 1. The number of hydrogen-bond donors (Lipinski definition) is 1. The van der Waals surface area contributed by atoms with E-state index in [0.29, 0.717) is 23.1 Å². The Labute approximate surface area is 173 Å². The van der Waals surface area contributed by atoms with E-state index in [0.717, 1.165) is 24.0 Å². The second kappa shape index (κ2) is 8.00. The van der Waals surface area contributed by atoms with Gasteiger partial charge in [-0.1, -0.05) is 23.7 Å². The van der Waals surface area contributed by atoms with E-state index >= 15 is 0 Å². The molecule has 0 spiro atoms. The van der Waals surface area contributed by atoms with Crippen LogP contribution in [0.3, 0.4) is 0 Å². The van der Waals surface area contributed by atoms with Gasteiger partial charge in [-0.05, 0) is 31.0 Å². The summed E-state index contributed by atoms with van der Waals surface area (Å²) in [5.74, 6) is 1.91. The summed E-state index contributed by atoms with van der Waals surface area (Å²) in [6.07, 6.45) is 8.32. The lowest BCUT2D eigenvalue weighted by Crippen LogP contribution is -2.47. The second-order valence-corrected chi connectivity index (χ2v) is 11.2. The topological polar surface area (TPSA) is 132 Å². The number of amides is 1. The molecular weight excluding hydrogens is 436 g/mol. The predicted octanol–water partition coefficient (Wildman–Crippen LogP) is 0.225. The van der Waals surface area contributed by atoms with Gasteiger partial charge in [-0.3, -0.25) is 4.79 Å². The summed E-state index contributed by atoms with van der Waals surface area (Å²) in [7, 11) is -7.43. The Kier molecular flexibility index (Phi) is 5.98. The maximum Gasteiger partial charge on any atom is 0.266 e. The standard InChI is InChI=1S/C17H20N4O5S3/c1-3-9-20-13-8-7-12(29(18,25)26)11-15(13)27-17(20)19-16(22)14-6-4-5-10-21(14)28(2,23)24/h1,7-8,11,14H,4-6,9-10H2,2H3,(H2,18,25,26). The number of carbonyl (C=O) groups excluding carboxylic acids is 1. The molecule has 9 nitrogen and oxygen atoms in total. The predicted molar refractivity (Wildman–Crippen MR) is 110 cm³/mol. The summed E-state index contributed by atoms with van der Waals surface area (Å²) in [5, 5.41) is 5.18. The first-order chi connectivity index (χ1) is 13.5. The molecule has 1 saturated heterocycles. The van der Waals surface area contributed by atoms with Crippen LogP contribution in [0.4, 0.5) is 0 Å². The van der Waals surface area contributed by atoms with E-state index in [1.165, 1.54) is 16.4 Å². The fraction of sp³-hybridized carbons (Fsp3) is 0.412. The lowest BCUT2D eigenvalue weighted by atomic mass is 10.0. The van der Waals surface area contributed by atoms with Crippen molar-refractivity contribution < 1.29 is 21.6 Å². The van der Waals surface area contributed by atoms with E-state index in [2.05, 4.69) is 10.9 Å². The van der Waals surface area contributed by atoms with Crippen molar-refractivity contribution in [3.63, 3.8) is 0 Å². The van der Waals surface area contributed by atoms with Crippen molar-refractivity contribution in [1.29, 1.82) is 0 Å². The highest BCUT2D eigenvalue weighted by molar-refractivity contribution is 7.89. The van der Waals surface area contributed by atoms with E-state index in [4.69, 9.17) is 11.6 Å². The van der Waals surface area contributed by atoms with Crippen LogP contribution in [0, 0.1) is 12.3 Å². The van der Waals surface area contributed by atoms with Gasteiger partial charge in [-0.2, -0.15) is 9.30 Å². The molecule has 0 aliphatic carbocycles. The number of nitrogens with two attached hydrogens (primary N) is 1. The summed E-state index contributed by atoms with van der Waals surface area (Å²) >= 11 is 1.09. The van der Waals surface area contributed by atoms with Crippen molar-refractivity contribution in [2.75, 3.05) is 12.8 Å². The van der Waals surface area contributed by atoms with Gasteiger partial charge in [0, 0.05) is 6.54 Å². The van der Waals surface area contributed by atoms with E-state index in [-0.39, 0.29) is 22.8 Å². The molecule has 1 aromatic carbocycles. The zero-order valence-corrected chi connectivity index (χ0v) is 18.1. The molecule has 1 amide bonds. The molecule has 0 saturated carbocycles. The Bertz CT molecular complexity index is 1280. The van der Waals surface area contributed by atoms with Crippen molar-refractivity contribution in [3.05, 3.63) is 23.0 Å². The highest BCUT2D eigenvalue weighted by Gasteiger charge is 2.34. The van der Waals surface area contributed by atoms with Gasteiger partial charge < -0.3 is 4.57 Å². The monoisotopic (exact) mass is 456 g/mol. The van der Waals surface area contributed by atoms with Crippen molar-refractivity contribution >= 4 is 47.5 Å².